The molecule has 5 nitrogen and oxygen atoms in total. The summed E-state index contributed by atoms with van der Waals surface area (Å²) in [6.45, 7) is 0. The second-order valence-corrected chi connectivity index (χ2v) is 6.00. The summed E-state index contributed by atoms with van der Waals surface area (Å²) in [6.07, 6.45) is 0. The van der Waals surface area contributed by atoms with E-state index in [9.17, 15) is 13.2 Å². The molecular weight excluding hydrogens is 300 g/mol. The van der Waals surface area contributed by atoms with Gasteiger partial charge in [-0.1, -0.05) is 29.8 Å². The van der Waals surface area contributed by atoms with Crippen molar-refractivity contribution in [1.29, 1.82) is 0 Å². The summed E-state index contributed by atoms with van der Waals surface area (Å²) in [7, 11) is -3.88. The predicted molar refractivity (Wildman–Crippen MR) is 77.2 cm³/mol. The Kier molecular flexibility index (Phi) is 4.26. The minimum atomic E-state index is -3.88. The van der Waals surface area contributed by atoms with Crippen molar-refractivity contribution >= 4 is 33.3 Å². The Morgan fingerprint density at radius 2 is 1.55 bits per heavy atom. The van der Waals surface area contributed by atoms with E-state index in [1.807, 2.05) is 4.72 Å². The molecule has 0 atom stereocenters. The van der Waals surface area contributed by atoms with Gasteiger partial charge >= 0.3 is 6.03 Å². The highest BCUT2D eigenvalue weighted by Gasteiger charge is 2.16. The molecule has 7 heteroatoms. The molecule has 20 heavy (non-hydrogen) atoms. The molecule has 0 aliphatic rings. The van der Waals surface area contributed by atoms with Crippen molar-refractivity contribution in [2.45, 2.75) is 4.90 Å². The Balaban J connectivity index is 2.06. The SMILES string of the molecule is O=C(Nc1ccc(Cl)cc1)NS(=O)(=O)c1ccccc1. The number of hydrogen-bond donors (Lipinski definition) is 2. The molecule has 0 spiro atoms. The fourth-order valence-electron chi connectivity index (χ4n) is 1.47. The first-order valence-electron chi connectivity index (χ1n) is 5.62. The molecule has 0 unspecified atom stereocenters. The third kappa shape index (κ3) is 3.72. The van der Waals surface area contributed by atoms with Crippen LogP contribution in [0.1, 0.15) is 0 Å². The van der Waals surface area contributed by atoms with Crippen LogP contribution in [0.25, 0.3) is 0 Å². The van der Waals surface area contributed by atoms with Crippen LogP contribution in [0.2, 0.25) is 5.02 Å². The van der Waals surface area contributed by atoms with Crippen molar-refractivity contribution in [3.05, 3.63) is 59.6 Å². The lowest BCUT2D eigenvalue weighted by Gasteiger charge is -2.08. The van der Waals surface area contributed by atoms with Crippen LogP contribution < -0.4 is 10.0 Å². The van der Waals surface area contributed by atoms with Gasteiger partial charge in [0.25, 0.3) is 10.0 Å². The smallest absolute Gasteiger partial charge is 0.307 e. The van der Waals surface area contributed by atoms with E-state index in [0.29, 0.717) is 10.7 Å². The number of halogens is 1. The van der Waals surface area contributed by atoms with Crippen LogP contribution in [0, 0.1) is 0 Å². The van der Waals surface area contributed by atoms with Crippen molar-refractivity contribution in [1.82, 2.24) is 4.72 Å². The topological polar surface area (TPSA) is 75.3 Å². The zero-order chi connectivity index (χ0) is 14.6. The minimum absolute atomic E-state index is 0.0197. The van der Waals surface area contributed by atoms with E-state index in [0.717, 1.165) is 0 Å². The van der Waals surface area contributed by atoms with Crippen LogP contribution in [0.4, 0.5) is 10.5 Å². The van der Waals surface area contributed by atoms with Crippen LogP contribution in [-0.2, 0) is 10.0 Å². The molecule has 0 aliphatic heterocycles. The van der Waals surface area contributed by atoms with E-state index >= 15 is 0 Å². The first kappa shape index (κ1) is 14.4. The predicted octanol–water partition coefficient (Wildman–Crippen LogP) is 2.85. The molecule has 2 aromatic carbocycles. The van der Waals surface area contributed by atoms with Gasteiger partial charge in [0.15, 0.2) is 0 Å². The summed E-state index contributed by atoms with van der Waals surface area (Å²) in [4.78, 5) is 11.7. The zero-order valence-corrected chi connectivity index (χ0v) is 11.8. The van der Waals surface area contributed by atoms with Gasteiger partial charge in [0.05, 0.1) is 4.90 Å². The van der Waals surface area contributed by atoms with Gasteiger partial charge in [-0.25, -0.2) is 17.9 Å². The zero-order valence-electron chi connectivity index (χ0n) is 10.2. The van der Waals surface area contributed by atoms with Gasteiger partial charge < -0.3 is 5.32 Å². The van der Waals surface area contributed by atoms with E-state index in [1.54, 1.807) is 42.5 Å². The summed E-state index contributed by atoms with van der Waals surface area (Å²) in [6, 6.07) is 13.1. The molecule has 0 saturated heterocycles. The number of sulfonamides is 1. The van der Waals surface area contributed by atoms with E-state index in [2.05, 4.69) is 5.32 Å². The highest BCUT2D eigenvalue weighted by Crippen LogP contribution is 2.13. The van der Waals surface area contributed by atoms with Crippen molar-refractivity contribution in [2.24, 2.45) is 0 Å². The first-order chi connectivity index (χ1) is 9.47. The largest absolute Gasteiger partial charge is 0.333 e. The molecule has 0 aromatic heterocycles. The molecule has 2 amide bonds. The Morgan fingerprint density at radius 1 is 0.950 bits per heavy atom. The Labute approximate surface area is 121 Å². The lowest BCUT2D eigenvalue weighted by atomic mass is 10.3. The van der Waals surface area contributed by atoms with E-state index in [-0.39, 0.29) is 4.90 Å². The molecule has 0 saturated carbocycles. The van der Waals surface area contributed by atoms with Crippen molar-refractivity contribution < 1.29 is 13.2 Å². The third-order valence-electron chi connectivity index (χ3n) is 2.38. The molecule has 0 aliphatic carbocycles. The van der Waals surface area contributed by atoms with Crippen molar-refractivity contribution in [3.8, 4) is 0 Å². The van der Waals surface area contributed by atoms with E-state index in [4.69, 9.17) is 11.6 Å². The summed E-state index contributed by atoms with van der Waals surface area (Å²) >= 11 is 5.71. The molecule has 0 radical (unpaired) electrons. The first-order valence-corrected chi connectivity index (χ1v) is 7.48. The number of carbonyl (C=O) groups is 1. The third-order valence-corrected chi connectivity index (χ3v) is 3.98. The van der Waals surface area contributed by atoms with Crippen LogP contribution in [0.5, 0.6) is 0 Å². The summed E-state index contributed by atoms with van der Waals surface area (Å²) in [5.74, 6) is 0. The van der Waals surface area contributed by atoms with Gasteiger partial charge in [-0.3, -0.25) is 0 Å². The Hall–Kier alpha value is -2.05. The average Bonchev–Trinajstić information content (AvgIpc) is 2.42. The number of anilines is 1. The standard InChI is InChI=1S/C13H11ClN2O3S/c14-10-6-8-11(9-7-10)15-13(17)16-20(18,19)12-4-2-1-3-5-12/h1-9H,(H2,15,16,17). The van der Waals surface area contributed by atoms with Gasteiger partial charge in [0.1, 0.15) is 0 Å². The van der Waals surface area contributed by atoms with Gasteiger partial charge in [0.2, 0.25) is 0 Å². The second kappa shape index (κ2) is 5.94. The molecule has 104 valence electrons. The molecule has 0 fully saturated rings. The number of urea groups is 1. The molecule has 2 rings (SSSR count). The molecule has 0 heterocycles. The lowest BCUT2D eigenvalue weighted by molar-refractivity contribution is 0.256. The summed E-state index contributed by atoms with van der Waals surface area (Å²) in [5.41, 5.74) is 0.440. The van der Waals surface area contributed by atoms with Crippen molar-refractivity contribution in [2.75, 3.05) is 5.32 Å². The fourth-order valence-corrected chi connectivity index (χ4v) is 2.52. The molecular formula is C13H11ClN2O3S. The van der Waals surface area contributed by atoms with Crippen molar-refractivity contribution in [3.63, 3.8) is 0 Å². The second-order valence-electron chi connectivity index (χ2n) is 3.88. The van der Waals surface area contributed by atoms with E-state index in [1.165, 1.54) is 12.1 Å². The van der Waals surface area contributed by atoms with Crippen LogP contribution in [0.15, 0.2) is 59.5 Å². The normalized spacial score (nSPS) is 10.8. The Bertz CT molecular complexity index is 700. The van der Waals surface area contributed by atoms with Gasteiger partial charge in [-0.15, -0.1) is 0 Å². The summed E-state index contributed by atoms with van der Waals surface area (Å²) in [5, 5.41) is 2.93. The highest BCUT2D eigenvalue weighted by molar-refractivity contribution is 7.90. The maximum atomic E-state index is 11.9. The maximum absolute atomic E-state index is 11.9. The molecule has 2 aromatic rings. The van der Waals surface area contributed by atoms with Gasteiger partial charge in [0, 0.05) is 10.7 Å². The lowest BCUT2D eigenvalue weighted by Crippen LogP contribution is -2.34. The number of hydrogen-bond acceptors (Lipinski definition) is 3. The number of rotatable bonds is 3. The van der Waals surface area contributed by atoms with Gasteiger partial charge in [-0.05, 0) is 36.4 Å². The number of carbonyl (C=O) groups excluding carboxylic acids is 1. The van der Waals surface area contributed by atoms with Crippen LogP contribution in [0.3, 0.4) is 0 Å². The molecule has 2 N–H and O–H groups in total. The van der Waals surface area contributed by atoms with Crippen LogP contribution >= 0.6 is 11.6 Å². The highest BCUT2D eigenvalue weighted by atomic mass is 35.5. The summed E-state index contributed by atoms with van der Waals surface area (Å²) < 4.78 is 25.7. The minimum Gasteiger partial charge on any atom is -0.307 e. The fraction of sp³-hybridized carbons (Fsp3) is 0. The average molecular weight is 311 g/mol. The van der Waals surface area contributed by atoms with Crippen LogP contribution in [-0.4, -0.2) is 14.4 Å². The number of amides is 2. The van der Waals surface area contributed by atoms with E-state index < -0.39 is 16.1 Å². The quantitative estimate of drug-likeness (QED) is 0.915. The Morgan fingerprint density at radius 3 is 2.15 bits per heavy atom. The van der Waals surface area contributed by atoms with Gasteiger partial charge in [-0.2, -0.15) is 0 Å². The number of benzene rings is 2. The molecule has 0 bridgehead atoms. The monoisotopic (exact) mass is 310 g/mol. The maximum Gasteiger partial charge on any atom is 0.333 e. The number of nitrogens with one attached hydrogen (secondary N) is 2.